The molecule has 5 heteroatoms. The molecular formula is C10H17ClN2O2. The normalized spacial score (nSPS) is 18.0. The summed E-state index contributed by atoms with van der Waals surface area (Å²) >= 11 is 5.57. The maximum atomic E-state index is 10.7. The number of hydrogen-bond donors (Lipinski definition) is 2. The van der Waals surface area contributed by atoms with Crippen molar-refractivity contribution in [3.8, 4) is 0 Å². The molecule has 0 amide bonds. The van der Waals surface area contributed by atoms with E-state index in [-0.39, 0.29) is 10.9 Å². The molecular weight excluding hydrogens is 216 g/mol. The fourth-order valence-electron chi connectivity index (χ4n) is 1.19. The third-order valence-electron chi connectivity index (χ3n) is 2.42. The van der Waals surface area contributed by atoms with Crippen molar-refractivity contribution in [2.45, 2.75) is 25.9 Å². The molecule has 4 N–H and O–H groups in total. The summed E-state index contributed by atoms with van der Waals surface area (Å²) in [6, 6.07) is 0. The van der Waals surface area contributed by atoms with E-state index in [4.69, 9.17) is 27.8 Å². The number of hydrogen-bond acceptors (Lipinski definition) is 4. The van der Waals surface area contributed by atoms with Crippen molar-refractivity contribution in [2.24, 2.45) is 11.5 Å². The zero-order valence-corrected chi connectivity index (χ0v) is 9.97. The average molecular weight is 233 g/mol. The summed E-state index contributed by atoms with van der Waals surface area (Å²) in [4.78, 5) is 10.7. The highest BCUT2D eigenvalue weighted by molar-refractivity contribution is 6.29. The summed E-state index contributed by atoms with van der Waals surface area (Å²) in [7, 11) is 1.54. The Labute approximate surface area is 94.9 Å². The number of nitrogens with two attached hydrogens (primary N) is 2. The molecule has 0 heterocycles. The quantitative estimate of drug-likeness (QED) is 0.324. The first-order valence-electron chi connectivity index (χ1n) is 4.54. The van der Waals surface area contributed by atoms with Crippen LogP contribution in [0.2, 0.25) is 0 Å². The number of allylic oxidation sites excluding steroid dienone is 1. The Balaban J connectivity index is 5.49. The Hall–Kier alpha value is -1.00. The molecule has 0 aliphatic rings. The number of methoxy groups -OCH3 is 1. The molecule has 15 heavy (non-hydrogen) atoms. The molecule has 4 nitrogen and oxygen atoms in total. The van der Waals surface area contributed by atoms with Gasteiger partial charge < -0.3 is 16.2 Å². The van der Waals surface area contributed by atoms with E-state index in [0.29, 0.717) is 18.3 Å². The van der Waals surface area contributed by atoms with Crippen LogP contribution in [0, 0.1) is 0 Å². The molecule has 0 aromatic rings. The molecule has 0 radical (unpaired) electrons. The number of ether oxygens (including phenoxy) is 1. The van der Waals surface area contributed by atoms with E-state index in [2.05, 4.69) is 0 Å². The van der Waals surface area contributed by atoms with Crippen LogP contribution in [0.5, 0.6) is 0 Å². The van der Waals surface area contributed by atoms with Crippen LogP contribution in [-0.4, -0.2) is 19.0 Å². The van der Waals surface area contributed by atoms with Crippen molar-refractivity contribution in [1.29, 1.82) is 0 Å². The predicted molar refractivity (Wildman–Crippen MR) is 61.1 cm³/mol. The van der Waals surface area contributed by atoms with Gasteiger partial charge >= 0.3 is 0 Å². The average Bonchev–Trinajstić information content (AvgIpc) is 2.23. The maximum Gasteiger partial charge on any atom is 0.166 e. The largest absolute Gasteiger partial charge is 0.396 e. The first-order valence-corrected chi connectivity index (χ1v) is 4.92. The molecule has 1 unspecified atom stereocenters. The second-order valence-electron chi connectivity index (χ2n) is 3.30. The maximum absolute atomic E-state index is 10.7. The summed E-state index contributed by atoms with van der Waals surface area (Å²) < 4.78 is 5.32. The van der Waals surface area contributed by atoms with E-state index in [1.54, 1.807) is 7.11 Å². The molecule has 0 rings (SSSR count). The van der Waals surface area contributed by atoms with Crippen LogP contribution in [-0.2, 0) is 9.53 Å². The van der Waals surface area contributed by atoms with Crippen molar-refractivity contribution in [3.05, 3.63) is 22.5 Å². The number of halogens is 1. The molecule has 1 atom stereocenters. The molecule has 0 fully saturated rings. The zero-order valence-electron chi connectivity index (χ0n) is 9.21. The predicted octanol–water partition coefficient (Wildman–Crippen LogP) is 1.25. The minimum absolute atomic E-state index is 0.0616. The van der Waals surface area contributed by atoms with Gasteiger partial charge in [0.05, 0.1) is 16.5 Å². The van der Waals surface area contributed by atoms with Crippen molar-refractivity contribution >= 4 is 17.9 Å². The molecule has 0 aliphatic heterocycles. The van der Waals surface area contributed by atoms with Gasteiger partial charge in [0.15, 0.2) is 6.29 Å². The first kappa shape index (κ1) is 14.0. The fraction of sp³-hybridized carbons (Fsp3) is 0.500. The van der Waals surface area contributed by atoms with E-state index < -0.39 is 5.60 Å². The molecule has 0 aromatic carbocycles. The monoisotopic (exact) mass is 232 g/mol. The van der Waals surface area contributed by atoms with Crippen LogP contribution in [0.3, 0.4) is 0 Å². The number of carbonyl (C=O) groups is 1. The fourth-order valence-corrected chi connectivity index (χ4v) is 1.30. The number of rotatable bonds is 5. The highest BCUT2D eigenvalue weighted by Gasteiger charge is 2.27. The molecule has 0 aliphatic carbocycles. The van der Waals surface area contributed by atoms with Gasteiger partial charge in [-0.05, 0) is 19.4 Å². The van der Waals surface area contributed by atoms with E-state index in [0.717, 1.165) is 0 Å². The Kier molecular flexibility index (Phi) is 5.39. The standard InChI is InChI=1S/C10H17ClN2O2/c1-4-10(2,15-3)7(5-9(11)13)8(12)6-14/h5-6H,4,12-13H2,1-3H3/b8-7+,9-5-. The SMILES string of the molecule is CCC(C)(OC)C(/C=C(\N)Cl)=C(/N)C=O. The van der Waals surface area contributed by atoms with Gasteiger partial charge in [0.2, 0.25) is 0 Å². The number of carbonyl (C=O) groups excluding carboxylic acids is 1. The van der Waals surface area contributed by atoms with Gasteiger partial charge in [0.1, 0.15) is 0 Å². The smallest absolute Gasteiger partial charge is 0.166 e. The van der Waals surface area contributed by atoms with Gasteiger partial charge in [-0.3, -0.25) is 4.79 Å². The van der Waals surface area contributed by atoms with Crippen LogP contribution >= 0.6 is 11.6 Å². The van der Waals surface area contributed by atoms with Crippen LogP contribution in [0.1, 0.15) is 20.3 Å². The third-order valence-corrected chi connectivity index (χ3v) is 2.52. The second-order valence-corrected chi connectivity index (χ2v) is 3.74. The van der Waals surface area contributed by atoms with E-state index in [9.17, 15) is 4.79 Å². The minimum atomic E-state index is -0.662. The first-order chi connectivity index (χ1) is 6.91. The van der Waals surface area contributed by atoms with Gasteiger partial charge in [-0.25, -0.2) is 0 Å². The van der Waals surface area contributed by atoms with Gasteiger partial charge in [-0.2, -0.15) is 0 Å². The summed E-state index contributed by atoms with van der Waals surface area (Å²) in [5.74, 6) is 0. The van der Waals surface area contributed by atoms with Gasteiger partial charge in [-0.1, -0.05) is 18.5 Å². The Morgan fingerprint density at radius 2 is 2.07 bits per heavy atom. The van der Waals surface area contributed by atoms with E-state index in [1.165, 1.54) is 6.08 Å². The van der Waals surface area contributed by atoms with Crippen molar-refractivity contribution < 1.29 is 9.53 Å². The lowest BCUT2D eigenvalue weighted by Crippen LogP contribution is -2.31. The summed E-state index contributed by atoms with van der Waals surface area (Å²) in [5, 5.41) is 0.0616. The van der Waals surface area contributed by atoms with Crippen molar-refractivity contribution in [3.63, 3.8) is 0 Å². The number of aldehydes is 1. The highest BCUT2D eigenvalue weighted by atomic mass is 35.5. The van der Waals surface area contributed by atoms with Crippen molar-refractivity contribution in [2.75, 3.05) is 7.11 Å². The molecule has 0 aromatic heterocycles. The van der Waals surface area contributed by atoms with Crippen LogP contribution in [0.25, 0.3) is 0 Å². The van der Waals surface area contributed by atoms with Crippen LogP contribution < -0.4 is 11.5 Å². The minimum Gasteiger partial charge on any atom is -0.396 e. The molecule has 0 spiro atoms. The molecule has 0 saturated heterocycles. The topological polar surface area (TPSA) is 78.3 Å². The second kappa shape index (κ2) is 5.78. The zero-order chi connectivity index (χ0) is 12.1. The lowest BCUT2D eigenvalue weighted by atomic mass is 9.91. The third kappa shape index (κ3) is 3.57. The molecule has 0 bridgehead atoms. The molecule has 86 valence electrons. The Bertz CT molecular complexity index is 290. The van der Waals surface area contributed by atoms with Crippen LogP contribution in [0.4, 0.5) is 0 Å². The summed E-state index contributed by atoms with van der Waals surface area (Å²) in [5.41, 5.74) is 10.8. The molecule has 0 saturated carbocycles. The lowest BCUT2D eigenvalue weighted by molar-refractivity contribution is -0.105. The van der Waals surface area contributed by atoms with Gasteiger partial charge in [0, 0.05) is 12.7 Å². The van der Waals surface area contributed by atoms with Gasteiger partial charge in [0.25, 0.3) is 0 Å². The van der Waals surface area contributed by atoms with Gasteiger partial charge in [-0.15, -0.1) is 0 Å². The van der Waals surface area contributed by atoms with Crippen LogP contribution in [0.15, 0.2) is 22.5 Å². The summed E-state index contributed by atoms with van der Waals surface area (Å²) in [6.45, 7) is 3.73. The highest BCUT2D eigenvalue weighted by Crippen LogP contribution is 2.27. The summed E-state index contributed by atoms with van der Waals surface area (Å²) in [6.07, 6.45) is 2.64. The Morgan fingerprint density at radius 1 is 1.53 bits per heavy atom. The Morgan fingerprint density at radius 3 is 2.33 bits per heavy atom. The lowest BCUT2D eigenvalue weighted by Gasteiger charge is -2.28. The van der Waals surface area contributed by atoms with Crippen molar-refractivity contribution in [1.82, 2.24) is 0 Å². The van der Waals surface area contributed by atoms with E-state index in [1.807, 2.05) is 13.8 Å². The van der Waals surface area contributed by atoms with E-state index >= 15 is 0 Å².